The van der Waals surface area contributed by atoms with Crippen LogP contribution in [0.3, 0.4) is 0 Å². The molecule has 0 spiro atoms. The molecule has 1 N–H and O–H groups in total. The first-order chi connectivity index (χ1) is 11.0. The molecule has 0 aromatic carbocycles. The largest absolute Gasteiger partial charge is 0.376 e. The molecule has 0 bridgehead atoms. The Balaban J connectivity index is 1.74. The minimum atomic E-state index is -0.500. The average Bonchev–Trinajstić information content (AvgIpc) is 2.54. The summed E-state index contributed by atoms with van der Waals surface area (Å²) in [7, 11) is 1.39. The van der Waals surface area contributed by atoms with E-state index in [0.717, 1.165) is 11.0 Å². The van der Waals surface area contributed by atoms with Crippen molar-refractivity contribution in [3.63, 3.8) is 0 Å². The Bertz CT molecular complexity index is 649. The van der Waals surface area contributed by atoms with E-state index in [2.05, 4.69) is 12.2 Å². The fraction of sp³-hybridized carbons (Fsp3) is 0.688. The molecule has 2 rings (SSSR count). The third kappa shape index (κ3) is 4.79. The Morgan fingerprint density at radius 3 is 2.83 bits per heavy atom. The maximum absolute atomic E-state index is 11.9. The molecule has 1 fully saturated rings. The number of hydrogen-bond donors (Lipinski definition) is 1. The van der Waals surface area contributed by atoms with E-state index in [1.807, 2.05) is 0 Å². The number of amides is 1. The second-order valence-electron chi connectivity index (χ2n) is 6.14. The highest BCUT2D eigenvalue weighted by Crippen LogP contribution is 2.25. The number of nitrogens with zero attached hydrogens (tertiary/aromatic N) is 2. The minimum Gasteiger partial charge on any atom is -0.376 e. The van der Waals surface area contributed by atoms with Gasteiger partial charge in [0.05, 0.1) is 12.7 Å². The van der Waals surface area contributed by atoms with E-state index < -0.39 is 5.69 Å². The SMILES string of the molecule is C[C@H]1CCCC[C@@H]1OCCNC(=O)Cn1ccc(=O)n(C)c1=O. The lowest BCUT2D eigenvalue weighted by molar-refractivity contribution is -0.122. The fourth-order valence-corrected chi connectivity index (χ4v) is 2.88. The molecule has 1 aromatic rings. The third-order valence-electron chi connectivity index (χ3n) is 4.36. The van der Waals surface area contributed by atoms with Gasteiger partial charge in [-0.1, -0.05) is 19.8 Å². The van der Waals surface area contributed by atoms with Gasteiger partial charge in [0, 0.05) is 25.9 Å². The van der Waals surface area contributed by atoms with Gasteiger partial charge in [0.15, 0.2) is 0 Å². The van der Waals surface area contributed by atoms with Crippen LogP contribution in [0.25, 0.3) is 0 Å². The minimum absolute atomic E-state index is 0.104. The van der Waals surface area contributed by atoms with Crippen LogP contribution >= 0.6 is 0 Å². The highest BCUT2D eigenvalue weighted by molar-refractivity contribution is 5.75. The molecule has 7 heteroatoms. The quantitative estimate of drug-likeness (QED) is 0.761. The monoisotopic (exact) mass is 323 g/mol. The first-order valence-corrected chi connectivity index (χ1v) is 8.14. The zero-order valence-electron chi connectivity index (χ0n) is 13.8. The predicted octanol–water partition coefficient (Wildman–Crippen LogP) is 0.259. The van der Waals surface area contributed by atoms with Gasteiger partial charge in [-0.15, -0.1) is 0 Å². The summed E-state index contributed by atoms with van der Waals surface area (Å²) in [5.41, 5.74) is -0.887. The number of rotatable bonds is 6. The van der Waals surface area contributed by atoms with Crippen molar-refractivity contribution in [1.29, 1.82) is 0 Å². The van der Waals surface area contributed by atoms with Gasteiger partial charge in [0.25, 0.3) is 5.56 Å². The van der Waals surface area contributed by atoms with E-state index in [4.69, 9.17) is 4.74 Å². The summed E-state index contributed by atoms with van der Waals surface area (Å²) in [5, 5.41) is 2.74. The molecule has 1 saturated carbocycles. The highest BCUT2D eigenvalue weighted by atomic mass is 16.5. The highest BCUT2D eigenvalue weighted by Gasteiger charge is 2.21. The molecule has 0 radical (unpaired) electrons. The average molecular weight is 323 g/mol. The second kappa shape index (κ2) is 8.10. The summed E-state index contributed by atoms with van der Waals surface area (Å²) < 4.78 is 8.01. The van der Waals surface area contributed by atoms with Crippen molar-refractivity contribution < 1.29 is 9.53 Å². The third-order valence-corrected chi connectivity index (χ3v) is 4.36. The van der Waals surface area contributed by atoms with Crippen LogP contribution in [-0.2, 0) is 23.1 Å². The topological polar surface area (TPSA) is 82.3 Å². The number of ether oxygens (including phenoxy) is 1. The zero-order chi connectivity index (χ0) is 16.8. The molecular weight excluding hydrogens is 298 g/mol. The zero-order valence-corrected chi connectivity index (χ0v) is 13.8. The van der Waals surface area contributed by atoms with E-state index in [9.17, 15) is 14.4 Å². The van der Waals surface area contributed by atoms with Crippen LogP contribution < -0.4 is 16.6 Å². The lowest BCUT2D eigenvalue weighted by Crippen LogP contribution is -2.40. The Labute approximate surface area is 135 Å². The van der Waals surface area contributed by atoms with Gasteiger partial charge in [-0.3, -0.25) is 18.7 Å². The van der Waals surface area contributed by atoms with Gasteiger partial charge in [0.1, 0.15) is 6.54 Å². The van der Waals surface area contributed by atoms with Crippen molar-refractivity contribution >= 4 is 5.91 Å². The Hall–Kier alpha value is -1.89. The number of hydrogen-bond acceptors (Lipinski definition) is 4. The molecule has 128 valence electrons. The van der Waals surface area contributed by atoms with Crippen molar-refractivity contribution in [2.45, 2.75) is 45.3 Å². The summed E-state index contributed by atoms with van der Waals surface area (Å²) >= 11 is 0. The standard InChI is InChI=1S/C16H25N3O4/c1-12-5-3-4-6-13(12)23-10-8-17-14(20)11-19-9-7-15(21)18(2)16(19)22/h7,9,12-13H,3-6,8,10-11H2,1-2H3,(H,17,20)/t12-,13-/m0/s1. The lowest BCUT2D eigenvalue weighted by Gasteiger charge is -2.28. The van der Waals surface area contributed by atoms with E-state index in [1.165, 1.54) is 43.1 Å². The summed E-state index contributed by atoms with van der Waals surface area (Å²) in [6, 6.07) is 1.27. The first-order valence-electron chi connectivity index (χ1n) is 8.14. The second-order valence-corrected chi connectivity index (χ2v) is 6.14. The Kier molecular flexibility index (Phi) is 6.15. The number of carbonyl (C=O) groups is 1. The molecule has 1 aliphatic carbocycles. The Morgan fingerprint density at radius 1 is 1.35 bits per heavy atom. The molecule has 7 nitrogen and oxygen atoms in total. The summed E-state index contributed by atoms with van der Waals surface area (Å²) in [4.78, 5) is 35.0. The molecule has 2 atom stereocenters. The van der Waals surface area contributed by atoms with Crippen molar-refractivity contribution in [3.05, 3.63) is 33.1 Å². The molecule has 0 saturated heterocycles. The van der Waals surface area contributed by atoms with E-state index >= 15 is 0 Å². The van der Waals surface area contributed by atoms with E-state index in [0.29, 0.717) is 19.1 Å². The van der Waals surface area contributed by atoms with Crippen molar-refractivity contribution in [2.24, 2.45) is 13.0 Å². The normalized spacial score (nSPS) is 21.1. The van der Waals surface area contributed by atoms with Crippen LogP contribution in [0.2, 0.25) is 0 Å². The van der Waals surface area contributed by atoms with Gasteiger partial charge in [-0.05, 0) is 18.8 Å². The van der Waals surface area contributed by atoms with Gasteiger partial charge in [0.2, 0.25) is 5.91 Å². The van der Waals surface area contributed by atoms with Gasteiger partial charge >= 0.3 is 5.69 Å². The smallest absolute Gasteiger partial charge is 0.331 e. The van der Waals surface area contributed by atoms with E-state index in [1.54, 1.807) is 0 Å². The van der Waals surface area contributed by atoms with Crippen molar-refractivity contribution in [1.82, 2.24) is 14.5 Å². The Morgan fingerprint density at radius 2 is 2.09 bits per heavy atom. The maximum Gasteiger partial charge on any atom is 0.331 e. The van der Waals surface area contributed by atoms with Crippen LogP contribution in [0.1, 0.15) is 32.6 Å². The maximum atomic E-state index is 11.9. The van der Waals surface area contributed by atoms with Crippen LogP contribution in [0.15, 0.2) is 21.9 Å². The van der Waals surface area contributed by atoms with Crippen LogP contribution in [-0.4, -0.2) is 34.3 Å². The molecule has 0 unspecified atom stereocenters. The number of nitrogens with one attached hydrogen (secondary N) is 1. The molecule has 1 aliphatic rings. The van der Waals surface area contributed by atoms with Gasteiger partial charge in [-0.2, -0.15) is 0 Å². The van der Waals surface area contributed by atoms with Gasteiger partial charge < -0.3 is 10.1 Å². The number of aromatic nitrogens is 2. The van der Waals surface area contributed by atoms with Crippen LogP contribution in [0.4, 0.5) is 0 Å². The van der Waals surface area contributed by atoms with Crippen LogP contribution in [0.5, 0.6) is 0 Å². The van der Waals surface area contributed by atoms with Crippen molar-refractivity contribution in [3.8, 4) is 0 Å². The molecule has 1 amide bonds. The molecular formula is C16H25N3O4. The van der Waals surface area contributed by atoms with Gasteiger partial charge in [-0.25, -0.2) is 4.79 Å². The summed E-state index contributed by atoms with van der Waals surface area (Å²) in [6.45, 7) is 2.99. The summed E-state index contributed by atoms with van der Waals surface area (Å²) in [6.07, 6.45) is 6.38. The summed E-state index contributed by atoms with van der Waals surface area (Å²) in [5.74, 6) is 0.301. The lowest BCUT2D eigenvalue weighted by atomic mass is 9.88. The van der Waals surface area contributed by atoms with E-state index in [-0.39, 0.29) is 24.1 Å². The number of carbonyl (C=O) groups excluding carboxylic acids is 1. The predicted molar refractivity (Wildman–Crippen MR) is 86.3 cm³/mol. The molecule has 1 heterocycles. The van der Waals surface area contributed by atoms with Crippen LogP contribution in [0, 0.1) is 5.92 Å². The first kappa shape index (κ1) is 17.5. The molecule has 0 aliphatic heterocycles. The fourth-order valence-electron chi connectivity index (χ4n) is 2.88. The molecule has 1 aromatic heterocycles. The molecule has 23 heavy (non-hydrogen) atoms. The van der Waals surface area contributed by atoms with Crippen molar-refractivity contribution in [2.75, 3.05) is 13.2 Å².